The molecule has 1 fully saturated rings. The van der Waals surface area contributed by atoms with E-state index in [0.29, 0.717) is 30.2 Å². The number of nitrogens with one attached hydrogen (secondary N) is 1. The molecular formula is C24H30ClFN2O3. The van der Waals surface area contributed by atoms with Crippen molar-refractivity contribution >= 4 is 34.6 Å². The Morgan fingerprint density at radius 1 is 1.26 bits per heavy atom. The van der Waals surface area contributed by atoms with Crippen LogP contribution in [0.3, 0.4) is 0 Å². The Bertz CT molecular complexity index is 885. The lowest BCUT2D eigenvalue weighted by Crippen LogP contribution is -2.39. The van der Waals surface area contributed by atoms with E-state index in [1.165, 1.54) is 0 Å². The van der Waals surface area contributed by atoms with Gasteiger partial charge in [-0.2, -0.15) is 0 Å². The third-order valence-electron chi connectivity index (χ3n) is 5.87. The van der Waals surface area contributed by atoms with Crippen molar-refractivity contribution in [1.29, 1.82) is 0 Å². The van der Waals surface area contributed by atoms with Gasteiger partial charge in [-0.05, 0) is 74.1 Å². The molecular weight excluding hydrogens is 419 g/mol. The van der Waals surface area contributed by atoms with Gasteiger partial charge in [-0.15, -0.1) is 0 Å². The molecule has 0 saturated carbocycles. The summed E-state index contributed by atoms with van der Waals surface area (Å²) in [6.07, 6.45) is 2.20. The van der Waals surface area contributed by atoms with Gasteiger partial charge in [-0.25, -0.2) is 4.39 Å². The van der Waals surface area contributed by atoms with E-state index >= 15 is 4.39 Å². The Labute approximate surface area is 188 Å². The Kier molecular flexibility index (Phi) is 8.15. The molecule has 168 valence electrons. The zero-order valence-electron chi connectivity index (χ0n) is 18.0. The summed E-state index contributed by atoms with van der Waals surface area (Å²) in [7, 11) is 0. The van der Waals surface area contributed by atoms with Crippen LogP contribution in [0.5, 0.6) is 0 Å². The minimum Gasteiger partial charge on any atom is -0.481 e. The van der Waals surface area contributed by atoms with Gasteiger partial charge in [-0.1, -0.05) is 18.5 Å². The molecule has 5 nitrogen and oxygen atoms in total. The number of rotatable bonds is 9. The van der Waals surface area contributed by atoms with Crippen LogP contribution in [-0.4, -0.2) is 36.9 Å². The molecule has 1 aliphatic heterocycles. The lowest BCUT2D eigenvalue weighted by atomic mass is 9.91. The smallest absolute Gasteiger partial charge is 0.303 e. The number of ether oxygens (including phenoxy) is 1. The molecule has 0 spiro atoms. The zero-order chi connectivity index (χ0) is 22.4. The summed E-state index contributed by atoms with van der Waals surface area (Å²) >= 11 is 6.02. The first-order valence-corrected chi connectivity index (χ1v) is 11.2. The van der Waals surface area contributed by atoms with Gasteiger partial charge in [0, 0.05) is 36.5 Å². The summed E-state index contributed by atoms with van der Waals surface area (Å²) in [5.41, 5.74) is 2.79. The third kappa shape index (κ3) is 5.89. The number of aliphatic carboxylic acids is 1. The Hall–Kier alpha value is -2.31. The van der Waals surface area contributed by atoms with E-state index < -0.39 is 11.9 Å². The van der Waals surface area contributed by atoms with E-state index in [0.717, 1.165) is 36.4 Å². The van der Waals surface area contributed by atoms with E-state index in [4.69, 9.17) is 16.3 Å². The SMILES string of the molecule is CCC(CC(=O)O)c1cc(Nc2ccc(Cl)cc2)c(N(CC)C2CCOCC2)cc1F. The highest BCUT2D eigenvalue weighted by Gasteiger charge is 2.26. The Morgan fingerprint density at radius 2 is 1.94 bits per heavy atom. The van der Waals surface area contributed by atoms with Gasteiger partial charge in [0.1, 0.15) is 5.82 Å². The number of carboxylic acids is 1. The molecule has 1 atom stereocenters. The molecule has 1 saturated heterocycles. The van der Waals surface area contributed by atoms with E-state index in [9.17, 15) is 9.90 Å². The second-order valence-corrected chi connectivity index (χ2v) is 8.29. The van der Waals surface area contributed by atoms with Gasteiger partial charge in [0.2, 0.25) is 0 Å². The average molecular weight is 449 g/mol. The van der Waals surface area contributed by atoms with Crippen molar-refractivity contribution in [2.75, 3.05) is 30.0 Å². The van der Waals surface area contributed by atoms with Crippen LogP contribution in [0, 0.1) is 5.82 Å². The molecule has 0 amide bonds. The van der Waals surface area contributed by atoms with Crippen molar-refractivity contribution < 1.29 is 19.0 Å². The molecule has 0 aromatic heterocycles. The Morgan fingerprint density at radius 3 is 2.52 bits per heavy atom. The van der Waals surface area contributed by atoms with Gasteiger partial charge in [0.25, 0.3) is 0 Å². The number of hydrogen-bond donors (Lipinski definition) is 2. The molecule has 1 heterocycles. The van der Waals surface area contributed by atoms with E-state index in [-0.39, 0.29) is 18.3 Å². The first-order valence-electron chi connectivity index (χ1n) is 10.8. The average Bonchev–Trinajstić information content (AvgIpc) is 2.76. The first kappa shape index (κ1) is 23.4. The van der Waals surface area contributed by atoms with Crippen LogP contribution in [-0.2, 0) is 9.53 Å². The van der Waals surface area contributed by atoms with Crippen LogP contribution in [0.1, 0.15) is 51.0 Å². The summed E-state index contributed by atoms with van der Waals surface area (Å²) in [5.74, 6) is -1.69. The van der Waals surface area contributed by atoms with Gasteiger partial charge < -0.3 is 20.1 Å². The summed E-state index contributed by atoms with van der Waals surface area (Å²) in [5, 5.41) is 13.3. The number of hydrogen-bond acceptors (Lipinski definition) is 4. The molecule has 1 unspecified atom stereocenters. The lowest BCUT2D eigenvalue weighted by molar-refractivity contribution is -0.137. The predicted octanol–water partition coefficient (Wildman–Crippen LogP) is 6.20. The first-order chi connectivity index (χ1) is 14.9. The quantitative estimate of drug-likeness (QED) is 0.478. The second-order valence-electron chi connectivity index (χ2n) is 7.86. The monoisotopic (exact) mass is 448 g/mol. The normalized spacial score (nSPS) is 15.5. The van der Waals surface area contributed by atoms with Crippen LogP contribution in [0.2, 0.25) is 5.02 Å². The van der Waals surface area contributed by atoms with Gasteiger partial charge >= 0.3 is 5.97 Å². The lowest BCUT2D eigenvalue weighted by Gasteiger charge is -2.37. The largest absolute Gasteiger partial charge is 0.481 e. The number of carbonyl (C=O) groups is 1. The van der Waals surface area contributed by atoms with Crippen molar-refractivity contribution in [3.8, 4) is 0 Å². The summed E-state index contributed by atoms with van der Waals surface area (Å²) in [4.78, 5) is 13.5. The zero-order valence-corrected chi connectivity index (χ0v) is 18.8. The van der Waals surface area contributed by atoms with E-state index in [1.54, 1.807) is 24.3 Å². The standard InChI is InChI=1S/C24H30ClFN2O3/c1-3-16(13-24(29)30)20-14-22(27-18-7-5-17(25)6-8-18)23(15-21(20)26)28(4-2)19-9-11-31-12-10-19/h5-8,14-16,19,27H,3-4,9-13H2,1-2H3,(H,29,30). The minimum absolute atomic E-state index is 0.107. The van der Waals surface area contributed by atoms with Crippen molar-refractivity contribution in [2.45, 2.75) is 51.5 Å². The highest BCUT2D eigenvalue weighted by molar-refractivity contribution is 6.30. The minimum atomic E-state index is -0.931. The second kappa shape index (κ2) is 10.8. The molecule has 0 bridgehead atoms. The maximum absolute atomic E-state index is 15.3. The summed E-state index contributed by atoms with van der Waals surface area (Å²) < 4.78 is 20.8. The van der Waals surface area contributed by atoms with Crippen LogP contribution in [0.4, 0.5) is 21.5 Å². The van der Waals surface area contributed by atoms with Gasteiger partial charge in [-0.3, -0.25) is 4.79 Å². The maximum atomic E-state index is 15.3. The van der Waals surface area contributed by atoms with E-state index in [2.05, 4.69) is 17.1 Å². The number of benzene rings is 2. The van der Waals surface area contributed by atoms with Crippen LogP contribution >= 0.6 is 11.6 Å². The molecule has 0 radical (unpaired) electrons. The number of anilines is 3. The number of nitrogens with zero attached hydrogens (tertiary/aromatic N) is 1. The summed E-state index contributed by atoms with van der Waals surface area (Å²) in [6, 6.07) is 10.9. The Balaban J connectivity index is 2.05. The van der Waals surface area contributed by atoms with Gasteiger partial charge in [0.15, 0.2) is 0 Å². The molecule has 2 N–H and O–H groups in total. The fourth-order valence-corrected chi connectivity index (χ4v) is 4.35. The fraction of sp³-hybridized carbons (Fsp3) is 0.458. The van der Waals surface area contributed by atoms with Crippen LogP contribution < -0.4 is 10.2 Å². The third-order valence-corrected chi connectivity index (χ3v) is 6.13. The summed E-state index contributed by atoms with van der Waals surface area (Å²) in [6.45, 7) is 6.06. The predicted molar refractivity (Wildman–Crippen MR) is 123 cm³/mol. The molecule has 0 aliphatic carbocycles. The highest BCUT2D eigenvalue weighted by Crippen LogP contribution is 2.38. The molecule has 31 heavy (non-hydrogen) atoms. The fourth-order valence-electron chi connectivity index (χ4n) is 4.23. The molecule has 2 aromatic carbocycles. The molecule has 1 aliphatic rings. The molecule has 2 aromatic rings. The molecule has 7 heteroatoms. The molecule has 3 rings (SSSR count). The maximum Gasteiger partial charge on any atom is 0.303 e. The van der Waals surface area contributed by atoms with Crippen molar-refractivity contribution in [1.82, 2.24) is 0 Å². The topological polar surface area (TPSA) is 61.8 Å². The van der Waals surface area contributed by atoms with E-state index in [1.807, 2.05) is 19.1 Å². The number of halogens is 2. The van der Waals surface area contributed by atoms with Gasteiger partial charge in [0.05, 0.1) is 17.8 Å². The highest BCUT2D eigenvalue weighted by atomic mass is 35.5. The van der Waals surface area contributed by atoms with Crippen molar-refractivity contribution in [3.05, 3.63) is 52.8 Å². The van der Waals surface area contributed by atoms with Crippen LogP contribution in [0.15, 0.2) is 36.4 Å². The van der Waals surface area contributed by atoms with Crippen molar-refractivity contribution in [3.63, 3.8) is 0 Å². The number of carboxylic acid groups (broad SMARTS) is 1. The van der Waals surface area contributed by atoms with Crippen molar-refractivity contribution in [2.24, 2.45) is 0 Å². The van der Waals surface area contributed by atoms with Crippen LogP contribution in [0.25, 0.3) is 0 Å².